The van der Waals surface area contributed by atoms with Crippen LogP contribution >= 0.6 is 0 Å². The van der Waals surface area contributed by atoms with E-state index in [9.17, 15) is 14.0 Å². The third-order valence-corrected chi connectivity index (χ3v) is 2.95. The van der Waals surface area contributed by atoms with Gasteiger partial charge in [0, 0.05) is 24.7 Å². The van der Waals surface area contributed by atoms with Crippen molar-refractivity contribution in [2.45, 2.75) is 12.5 Å². The van der Waals surface area contributed by atoms with E-state index in [1.54, 1.807) is 0 Å². The molecule has 2 rings (SSSR count). The summed E-state index contributed by atoms with van der Waals surface area (Å²) in [5.74, 6) is -1.83. The molecule has 0 spiro atoms. The molecule has 4 N–H and O–H groups in total. The van der Waals surface area contributed by atoms with E-state index in [4.69, 9.17) is 10.5 Å². The average molecular weight is 281 g/mol. The number of hydrogen-bond acceptors (Lipinski definition) is 4. The maximum absolute atomic E-state index is 13.3. The van der Waals surface area contributed by atoms with Gasteiger partial charge in [0.2, 0.25) is 5.91 Å². The smallest absolute Gasteiger partial charge is 0.251 e. The number of carbonyl (C=O) groups excluding carboxylic acids is 2. The number of benzene rings is 1. The van der Waals surface area contributed by atoms with Crippen molar-refractivity contribution in [2.75, 3.05) is 25.1 Å². The Morgan fingerprint density at radius 1 is 1.50 bits per heavy atom. The molecule has 1 heterocycles. The van der Waals surface area contributed by atoms with Crippen molar-refractivity contribution in [2.24, 2.45) is 5.73 Å². The van der Waals surface area contributed by atoms with Gasteiger partial charge >= 0.3 is 0 Å². The third-order valence-electron chi connectivity index (χ3n) is 2.95. The summed E-state index contributed by atoms with van der Waals surface area (Å²) < 4.78 is 18.5. The zero-order valence-electron chi connectivity index (χ0n) is 10.8. The predicted octanol–water partition coefficient (Wildman–Crippen LogP) is 0.242. The van der Waals surface area contributed by atoms with Crippen LogP contribution in [-0.4, -0.2) is 37.6 Å². The van der Waals surface area contributed by atoms with Gasteiger partial charge in [-0.15, -0.1) is 0 Å². The number of rotatable bonds is 4. The average Bonchev–Trinajstić information content (AvgIpc) is 2.41. The summed E-state index contributed by atoms with van der Waals surface area (Å²) in [5, 5.41) is 5.76. The molecule has 0 aliphatic carbocycles. The lowest BCUT2D eigenvalue weighted by molar-refractivity contribution is -0.117. The highest BCUT2D eigenvalue weighted by Crippen LogP contribution is 2.15. The zero-order chi connectivity index (χ0) is 14.5. The van der Waals surface area contributed by atoms with Crippen molar-refractivity contribution in [1.29, 1.82) is 0 Å². The molecule has 7 heteroatoms. The summed E-state index contributed by atoms with van der Waals surface area (Å²) in [4.78, 5) is 22.8. The second-order valence-corrected chi connectivity index (χ2v) is 4.54. The SMILES string of the molecule is NC(=O)c1cc(NC(=O)CC2COCCN2)ccc1F. The Morgan fingerprint density at radius 3 is 2.95 bits per heavy atom. The van der Waals surface area contributed by atoms with Gasteiger partial charge in [-0.3, -0.25) is 9.59 Å². The number of nitrogens with one attached hydrogen (secondary N) is 2. The summed E-state index contributed by atoms with van der Waals surface area (Å²) in [6.07, 6.45) is 0.239. The molecule has 1 aliphatic rings. The maximum atomic E-state index is 13.3. The van der Waals surface area contributed by atoms with Gasteiger partial charge in [0.05, 0.1) is 18.8 Å². The number of morpholine rings is 1. The number of hydrogen-bond donors (Lipinski definition) is 3. The number of ether oxygens (including phenoxy) is 1. The van der Waals surface area contributed by atoms with E-state index in [-0.39, 0.29) is 23.9 Å². The van der Waals surface area contributed by atoms with Crippen molar-refractivity contribution in [3.8, 4) is 0 Å². The Hall–Kier alpha value is -1.99. The van der Waals surface area contributed by atoms with Gasteiger partial charge < -0.3 is 21.1 Å². The summed E-state index contributed by atoms with van der Waals surface area (Å²) in [7, 11) is 0. The van der Waals surface area contributed by atoms with E-state index in [1.807, 2.05) is 0 Å². The van der Waals surface area contributed by atoms with Gasteiger partial charge in [0.15, 0.2) is 0 Å². The molecular weight excluding hydrogens is 265 g/mol. The Kier molecular flexibility index (Phi) is 4.65. The molecule has 108 valence electrons. The van der Waals surface area contributed by atoms with Gasteiger partial charge in [-0.1, -0.05) is 0 Å². The normalized spacial score (nSPS) is 18.6. The lowest BCUT2D eigenvalue weighted by atomic mass is 10.1. The third kappa shape index (κ3) is 3.75. The number of carbonyl (C=O) groups is 2. The van der Waals surface area contributed by atoms with E-state index >= 15 is 0 Å². The van der Waals surface area contributed by atoms with Crippen molar-refractivity contribution in [3.63, 3.8) is 0 Å². The number of amides is 2. The van der Waals surface area contributed by atoms with Crippen LogP contribution in [0, 0.1) is 5.82 Å². The standard InChI is InChI=1S/C13H16FN3O3/c14-11-2-1-8(5-10(11)13(15)19)17-12(18)6-9-7-20-4-3-16-9/h1-2,5,9,16H,3-4,6-7H2,(H2,15,19)(H,17,18). The summed E-state index contributed by atoms with van der Waals surface area (Å²) in [5.41, 5.74) is 5.13. The van der Waals surface area contributed by atoms with Crippen molar-refractivity contribution in [1.82, 2.24) is 5.32 Å². The highest BCUT2D eigenvalue weighted by molar-refractivity contribution is 5.96. The molecule has 1 atom stereocenters. The molecule has 1 unspecified atom stereocenters. The van der Waals surface area contributed by atoms with Crippen LogP contribution in [-0.2, 0) is 9.53 Å². The van der Waals surface area contributed by atoms with Gasteiger partial charge in [-0.25, -0.2) is 4.39 Å². The second-order valence-electron chi connectivity index (χ2n) is 4.54. The van der Waals surface area contributed by atoms with Crippen LogP contribution in [0.1, 0.15) is 16.8 Å². The summed E-state index contributed by atoms with van der Waals surface area (Å²) in [6.45, 7) is 1.82. The van der Waals surface area contributed by atoms with Crippen LogP contribution in [0.4, 0.5) is 10.1 Å². The lowest BCUT2D eigenvalue weighted by Crippen LogP contribution is -2.43. The van der Waals surface area contributed by atoms with Crippen LogP contribution in [0.2, 0.25) is 0 Å². The fourth-order valence-electron chi connectivity index (χ4n) is 1.98. The molecule has 0 radical (unpaired) electrons. The Labute approximate surface area is 115 Å². The number of nitrogens with two attached hydrogens (primary N) is 1. The molecule has 2 amide bonds. The van der Waals surface area contributed by atoms with Crippen LogP contribution in [0.25, 0.3) is 0 Å². The highest BCUT2D eigenvalue weighted by Gasteiger charge is 2.17. The molecule has 1 aromatic rings. The number of primary amides is 1. The van der Waals surface area contributed by atoms with E-state index in [0.717, 1.165) is 6.07 Å². The molecule has 1 saturated heterocycles. The summed E-state index contributed by atoms with van der Waals surface area (Å²) >= 11 is 0. The van der Waals surface area contributed by atoms with Gasteiger partial charge in [-0.05, 0) is 18.2 Å². The molecular formula is C13H16FN3O3. The van der Waals surface area contributed by atoms with E-state index in [2.05, 4.69) is 10.6 Å². The lowest BCUT2D eigenvalue weighted by Gasteiger charge is -2.23. The Morgan fingerprint density at radius 2 is 2.30 bits per heavy atom. The minimum absolute atomic E-state index is 0.0418. The minimum atomic E-state index is -0.874. The van der Waals surface area contributed by atoms with Crippen molar-refractivity contribution >= 4 is 17.5 Å². The first-order chi connectivity index (χ1) is 9.56. The molecule has 0 saturated carbocycles. The molecule has 20 heavy (non-hydrogen) atoms. The molecule has 1 fully saturated rings. The van der Waals surface area contributed by atoms with Gasteiger partial charge in [-0.2, -0.15) is 0 Å². The largest absolute Gasteiger partial charge is 0.378 e. The second kappa shape index (κ2) is 6.44. The van der Waals surface area contributed by atoms with Gasteiger partial charge in [0.25, 0.3) is 5.91 Å². The van der Waals surface area contributed by atoms with Crippen LogP contribution < -0.4 is 16.4 Å². The van der Waals surface area contributed by atoms with Crippen molar-refractivity contribution < 1.29 is 18.7 Å². The molecule has 0 bridgehead atoms. The van der Waals surface area contributed by atoms with E-state index in [1.165, 1.54) is 12.1 Å². The molecule has 1 aliphatic heterocycles. The maximum Gasteiger partial charge on any atom is 0.251 e. The quantitative estimate of drug-likeness (QED) is 0.737. The zero-order valence-corrected chi connectivity index (χ0v) is 10.8. The topological polar surface area (TPSA) is 93.5 Å². The van der Waals surface area contributed by atoms with Crippen molar-refractivity contribution in [3.05, 3.63) is 29.6 Å². The summed E-state index contributed by atoms with van der Waals surface area (Å²) in [6, 6.07) is 3.66. The van der Waals surface area contributed by atoms with Crippen LogP contribution in [0.15, 0.2) is 18.2 Å². The van der Waals surface area contributed by atoms with E-state index in [0.29, 0.717) is 25.4 Å². The van der Waals surface area contributed by atoms with Crippen LogP contribution in [0.5, 0.6) is 0 Å². The first kappa shape index (κ1) is 14.4. The molecule has 1 aromatic carbocycles. The highest BCUT2D eigenvalue weighted by atomic mass is 19.1. The molecule has 6 nitrogen and oxygen atoms in total. The number of anilines is 1. The Balaban J connectivity index is 1.96. The molecule has 0 aromatic heterocycles. The number of halogens is 1. The van der Waals surface area contributed by atoms with Gasteiger partial charge in [0.1, 0.15) is 5.82 Å². The first-order valence-electron chi connectivity index (χ1n) is 6.26. The fraction of sp³-hybridized carbons (Fsp3) is 0.385. The monoisotopic (exact) mass is 281 g/mol. The minimum Gasteiger partial charge on any atom is -0.378 e. The predicted molar refractivity (Wildman–Crippen MR) is 70.8 cm³/mol. The fourth-order valence-corrected chi connectivity index (χ4v) is 1.98. The Bertz CT molecular complexity index is 516. The first-order valence-corrected chi connectivity index (χ1v) is 6.26. The van der Waals surface area contributed by atoms with E-state index < -0.39 is 11.7 Å². The van der Waals surface area contributed by atoms with Crippen LogP contribution in [0.3, 0.4) is 0 Å².